The summed E-state index contributed by atoms with van der Waals surface area (Å²) in [5.74, 6) is -0.661. The maximum absolute atomic E-state index is 12.6. The van der Waals surface area contributed by atoms with E-state index in [9.17, 15) is 23.3 Å². The number of nitrogens with one attached hydrogen (secondary N) is 1. The number of sulfone groups is 1. The Balaban J connectivity index is 1.87. The number of ether oxygens (including phenoxy) is 2. The van der Waals surface area contributed by atoms with E-state index in [1.165, 1.54) is 38.5 Å². The SMILES string of the molecule is COc1cc(C(=O)Nc2nnc(-c3ccc(S(C)(=O)=O)cc3)o2)c([N+](=O)[O-])cc1OC. The lowest BCUT2D eigenvalue weighted by Crippen LogP contribution is -2.14. The second-order valence-electron chi connectivity index (χ2n) is 6.14. The van der Waals surface area contributed by atoms with E-state index in [0.717, 1.165) is 18.4 Å². The van der Waals surface area contributed by atoms with Crippen molar-refractivity contribution in [1.29, 1.82) is 0 Å². The van der Waals surface area contributed by atoms with Crippen LogP contribution in [0.15, 0.2) is 45.7 Å². The van der Waals surface area contributed by atoms with Gasteiger partial charge in [-0.05, 0) is 24.3 Å². The molecule has 1 N–H and O–H groups in total. The van der Waals surface area contributed by atoms with E-state index in [1.807, 2.05) is 0 Å². The molecule has 3 aromatic rings. The number of benzene rings is 2. The first-order valence-corrected chi connectivity index (χ1v) is 10.4. The number of carbonyl (C=O) groups is 1. The molecule has 0 spiro atoms. The van der Waals surface area contributed by atoms with Gasteiger partial charge in [0.1, 0.15) is 5.56 Å². The van der Waals surface area contributed by atoms with Gasteiger partial charge in [-0.15, -0.1) is 5.10 Å². The number of nitro groups is 1. The van der Waals surface area contributed by atoms with Crippen molar-refractivity contribution in [2.75, 3.05) is 25.8 Å². The normalized spacial score (nSPS) is 11.1. The average Bonchev–Trinajstić information content (AvgIpc) is 3.20. The molecule has 1 amide bonds. The molecular formula is C18H16N4O8S. The molecular weight excluding hydrogens is 432 g/mol. The van der Waals surface area contributed by atoms with Gasteiger partial charge in [0.05, 0.1) is 30.1 Å². The lowest BCUT2D eigenvalue weighted by Gasteiger charge is -2.09. The molecule has 0 fully saturated rings. The maximum Gasteiger partial charge on any atom is 0.322 e. The first kappa shape index (κ1) is 21.7. The van der Waals surface area contributed by atoms with Crippen molar-refractivity contribution in [2.45, 2.75) is 4.90 Å². The molecule has 31 heavy (non-hydrogen) atoms. The quantitative estimate of drug-likeness (QED) is 0.419. The second kappa shape index (κ2) is 8.39. The number of nitrogens with zero attached hydrogens (tertiary/aromatic N) is 3. The summed E-state index contributed by atoms with van der Waals surface area (Å²) in [4.78, 5) is 23.3. The molecule has 1 heterocycles. The zero-order valence-corrected chi connectivity index (χ0v) is 17.3. The van der Waals surface area contributed by atoms with Gasteiger partial charge in [-0.3, -0.25) is 20.2 Å². The molecule has 12 nitrogen and oxygen atoms in total. The Morgan fingerprint density at radius 2 is 1.71 bits per heavy atom. The van der Waals surface area contributed by atoms with Crippen LogP contribution in [0.25, 0.3) is 11.5 Å². The minimum absolute atomic E-state index is 0.0113. The van der Waals surface area contributed by atoms with Gasteiger partial charge in [0.2, 0.25) is 5.89 Å². The third kappa shape index (κ3) is 4.61. The van der Waals surface area contributed by atoms with E-state index >= 15 is 0 Å². The van der Waals surface area contributed by atoms with E-state index < -0.39 is 26.4 Å². The first-order valence-electron chi connectivity index (χ1n) is 8.49. The molecule has 0 atom stereocenters. The molecule has 0 aliphatic rings. The van der Waals surface area contributed by atoms with Crippen LogP contribution in [0.2, 0.25) is 0 Å². The summed E-state index contributed by atoms with van der Waals surface area (Å²) >= 11 is 0. The van der Waals surface area contributed by atoms with Gasteiger partial charge in [-0.1, -0.05) is 5.10 Å². The first-order chi connectivity index (χ1) is 14.6. The number of hydrogen-bond donors (Lipinski definition) is 1. The van der Waals surface area contributed by atoms with Crippen LogP contribution in [-0.2, 0) is 9.84 Å². The predicted molar refractivity (Wildman–Crippen MR) is 107 cm³/mol. The second-order valence-corrected chi connectivity index (χ2v) is 8.16. The predicted octanol–water partition coefficient (Wildman–Crippen LogP) is 2.32. The monoisotopic (exact) mass is 448 g/mol. The summed E-state index contributed by atoms with van der Waals surface area (Å²) in [5, 5.41) is 21.1. The summed E-state index contributed by atoms with van der Waals surface area (Å²) in [6.45, 7) is 0. The van der Waals surface area contributed by atoms with Crippen molar-refractivity contribution in [1.82, 2.24) is 10.2 Å². The third-order valence-electron chi connectivity index (χ3n) is 4.12. The van der Waals surface area contributed by atoms with Crippen LogP contribution in [0, 0.1) is 10.1 Å². The maximum atomic E-state index is 12.6. The minimum Gasteiger partial charge on any atom is -0.493 e. The van der Waals surface area contributed by atoms with Crippen molar-refractivity contribution in [3.05, 3.63) is 52.1 Å². The molecule has 0 saturated carbocycles. The third-order valence-corrected chi connectivity index (χ3v) is 5.25. The molecule has 2 aromatic carbocycles. The molecule has 0 aliphatic carbocycles. The Labute approximate surface area is 175 Å². The van der Waals surface area contributed by atoms with Gasteiger partial charge in [0.15, 0.2) is 21.3 Å². The van der Waals surface area contributed by atoms with Crippen molar-refractivity contribution in [2.24, 2.45) is 0 Å². The smallest absolute Gasteiger partial charge is 0.322 e. The van der Waals surface area contributed by atoms with Gasteiger partial charge in [0, 0.05) is 17.9 Å². The number of aromatic nitrogens is 2. The molecule has 0 radical (unpaired) electrons. The van der Waals surface area contributed by atoms with Crippen molar-refractivity contribution < 1.29 is 32.0 Å². The number of nitro benzene ring substituents is 1. The van der Waals surface area contributed by atoms with Gasteiger partial charge < -0.3 is 13.9 Å². The molecule has 3 rings (SSSR count). The van der Waals surface area contributed by atoms with E-state index in [1.54, 1.807) is 0 Å². The van der Waals surface area contributed by atoms with Gasteiger partial charge in [0.25, 0.3) is 11.6 Å². The Kier molecular flexibility index (Phi) is 5.88. The van der Waals surface area contributed by atoms with Crippen LogP contribution in [0.4, 0.5) is 11.7 Å². The number of methoxy groups -OCH3 is 2. The number of anilines is 1. The van der Waals surface area contributed by atoms with Crippen LogP contribution in [0.3, 0.4) is 0 Å². The molecule has 0 unspecified atom stereocenters. The number of amides is 1. The van der Waals surface area contributed by atoms with Crippen LogP contribution >= 0.6 is 0 Å². The van der Waals surface area contributed by atoms with Crippen LogP contribution in [0.1, 0.15) is 10.4 Å². The highest BCUT2D eigenvalue weighted by Crippen LogP contribution is 2.35. The number of carbonyl (C=O) groups excluding carboxylic acids is 1. The highest BCUT2D eigenvalue weighted by molar-refractivity contribution is 7.90. The van der Waals surface area contributed by atoms with Crippen molar-refractivity contribution in [3.63, 3.8) is 0 Å². The Morgan fingerprint density at radius 1 is 1.10 bits per heavy atom. The Bertz CT molecular complexity index is 1250. The minimum atomic E-state index is -3.36. The van der Waals surface area contributed by atoms with Crippen LogP contribution in [0.5, 0.6) is 11.5 Å². The van der Waals surface area contributed by atoms with E-state index in [4.69, 9.17) is 13.9 Å². The molecule has 0 bridgehead atoms. The fourth-order valence-electron chi connectivity index (χ4n) is 2.60. The highest BCUT2D eigenvalue weighted by atomic mass is 32.2. The fraction of sp³-hybridized carbons (Fsp3) is 0.167. The lowest BCUT2D eigenvalue weighted by molar-refractivity contribution is -0.385. The summed E-state index contributed by atoms with van der Waals surface area (Å²) in [6, 6.07) is 7.60. The van der Waals surface area contributed by atoms with E-state index in [-0.39, 0.29) is 33.9 Å². The molecule has 13 heteroatoms. The van der Waals surface area contributed by atoms with Crippen LogP contribution < -0.4 is 14.8 Å². The zero-order chi connectivity index (χ0) is 22.8. The summed E-state index contributed by atoms with van der Waals surface area (Å²) in [7, 11) is -0.730. The average molecular weight is 448 g/mol. The lowest BCUT2D eigenvalue weighted by atomic mass is 10.1. The Morgan fingerprint density at radius 3 is 2.26 bits per heavy atom. The number of rotatable bonds is 7. The fourth-order valence-corrected chi connectivity index (χ4v) is 3.23. The standard InChI is InChI=1S/C18H16N4O8S/c1-28-14-8-12(13(22(24)25)9-15(14)29-2)16(23)19-18-21-20-17(30-18)10-4-6-11(7-5-10)31(3,26)27/h4-9H,1-3H3,(H,19,21,23). The van der Waals surface area contributed by atoms with E-state index in [0.29, 0.717) is 5.56 Å². The molecule has 0 aliphatic heterocycles. The van der Waals surface area contributed by atoms with Crippen LogP contribution in [-0.4, -0.2) is 49.9 Å². The van der Waals surface area contributed by atoms with Gasteiger partial charge in [-0.2, -0.15) is 0 Å². The topological polar surface area (TPSA) is 164 Å². The zero-order valence-electron chi connectivity index (χ0n) is 16.5. The van der Waals surface area contributed by atoms with Crippen molar-refractivity contribution >= 4 is 27.4 Å². The molecule has 0 saturated heterocycles. The van der Waals surface area contributed by atoms with Gasteiger partial charge in [-0.25, -0.2) is 8.42 Å². The van der Waals surface area contributed by atoms with Crippen molar-refractivity contribution in [3.8, 4) is 23.0 Å². The molecule has 162 valence electrons. The van der Waals surface area contributed by atoms with E-state index in [2.05, 4.69) is 15.5 Å². The largest absolute Gasteiger partial charge is 0.493 e. The summed E-state index contributed by atoms with van der Waals surface area (Å²) in [6.07, 6.45) is 1.08. The Hall–Kier alpha value is -4.00. The van der Waals surface area contributed by atoms with Gasteiger partial charge >= 0.3 is 6.01 Å². The summed E-state index contributed by atoms with van der Waals surface area (Å²) < 4.78 is 38.5. The number of hydrogen-bond acceptors (Lipinski definition) is 10. The highest BCUT2D eigenvalue weighted by Gasteiger charge is 2.26. The summed E-state index contributed by atoms with van der Waals surface area (Å²) in [5.41, 5.74) is -0.399. The molecule has 1 aromatic heterocycles.